The maximum atomic E-state index is 13.2. The smallest absolute Gasteiger partial charge is 0.243 e. The molecule has 144 valence electrons. The summed E-state index contributed by atoms with van der Waals surface area (Å²) in [5, 5.41) is 2.80. The van der Waals surface area contributed by atoms with Crippen LogP contribution in [0.3, 0.4) is 0 Å². The number of hydrogen-bond donors (Lipinski definition) is 1. The van der Waals surface area contributed by atoms with Crippen molar-refractivity contribution in [2.45, 2.75) is 30.3 Å². The summed E-state index contributed by atoms with van der Waals surface area (Å²) in [4.78, 5) is 11.6. The van der Waals surface area contributed by atoms with Crippen LogP contribution in [-0.2, 0) is 21.4 Å². The van der Waals surface area contributed by atoms with Crippen LogP contribution in [-0.4, -0.2) is 38.3 Å². The van der Waals surface area contributed by atoms with Crippen molar-refractivity contribution in [3.8, 4) is 5.75 Å². The molecule has 1 heterocycles. The number of hydrogen-bond acceptors (Lipinski definition) is 4. The van der Waals surface area contributed by atoms with E-state index in [1.54, 1.807) is 24.3 Å². The first-order chi connectivity index (χ1) is 12.9. The lowest BCUT2D eigenvalue weighted by molar-refractivity contribution is -0.119. The van der Waals surface area contributed by atoms with E-state index in [1.165, 1.54) is 35.7 Å². The predicted molar refractivity (Wildman–Crippen MR) is 98.2 cm³/mol. The first-order valence-corrected chi connectivity index (χ1v) is 10.0. The van der Waals surface area contributed by atoms with Gasteiger partial charge in [-0.3, -0.25) is 4.79 Å². The molecule has 3 rings (SSSR count). The minimum absolute atomic E-state index is 0.0756. The van der Waals surface area contributed by atoms with E-state index in [9.17, 15) is 17.6 Å². The van der Waals surface area contributed by atoms with Crippen molar-refractivity contribution in [3.63, 3.8) is 0 Å². The first-order valence-electron chi connectivity index (χ1n) is 8.56. The van der Waals surface area contributed by atoms with Gasteiger partial charge in [0.25, 0.3) is 0 Å². The molecule has 0 unspecified atom stereocenters. The van der Waals surface area contributed by atoms with E-state index in [-0.39, 0.29) is 35.8 Å². The van der Waals surface area contributed by atoms with E-state index in [4.69, 9.17) is 4.74 Å². The number of carbonyl (C=O) groups excluding carboxylic acids is 1. The van der Waals surface area contributed by atoms with Gasteiger partial charge in [-0.15, -0.1) is 0 Å². The summed E-state index contributed by atoms with van der Waals surface area (Å²) >= 11 is 0. The molecule has 1 fully saturated rings. The number of sulfonamides is 1. The minimum atomic E-state index is -3.84. The summed E-state index contributed by atoms with van der Waals surface area (Å²) in [6, 6.07) is 11.7. The highest BCUT2D eigenvalue weighted by atomic mass is 32.2. The third-order valence-corrected chi connectivity index (χ3v) is 6.27. The van der Waals surface area contributed by atoms with E-state index in [1.807, 2.05) is 0 Å². The highest BCUT2D eigenvalue weighted by Crippen LogP contribution is 2.24. The molecule has 1 saturated heterocycles. The summed E-state index contributed by atoms with van der Waals surface area (Å²) in [7, 11) is -2.37. The highest BCUT2D eigenvalue weighted by Gasteiger charge is 2.30. The molecule has 27 heavy (non-hydrogen) atoms. The maximum absolute atomic E-state index is 13.2. The number of ether oxygens (including phenoxy) is 1. The van der Waals surface area contributed by atoms with Crippen LogP contribution in [0, 0.1) is 5.82 Å². The van der Waals surface area contributed by atoms with E-state index >= 15 is 0 Å². The molecule has 1 amide bonds. The Balaban J connectivity index is 1.91. The Morgan fingerprint density at radius 2 is 1.96 bits per heavy atom. The molecule has 8 heteroatoms. The molecule has 1 aliphatic heterocycles. The molecule has 0 aromatic heterocycles. The molecule has 1 N–H and O–H groups in total. The molecule has 0 aliphatic carbocycles. The van der Waals surface area contributed by atoms with Crippen LogP contribution in [0.25, 0.3) is 0 Å². The van der Waals surface area contributed by atoms with Crippen LogP contribution >= 0.6 is 0 Å². The van der Waals surface area contributed by atoms with Crippen molar-refractivity contribution in [3.05, 3.63) is 59.9 Å². The van der Waals surface area contributed by atoms with Crippen molar-refractivity contribution in [2.24, 2.45) is 0 Å². The SMILES string of the molecule is COc1cccc(S(=O)(=O)N(Cc2ccc(F)cc2)C[C@@H]2CCC(=O)N2)c1. The lowest BCUT2D eigenvalue weighted by Gasteiger charge is -2.25. The third-order valence-electron chi connectivity index (χ3n) is 4.46. The van der Waals surface area contributed by atoms with Crippen molar-refractivity contribution in [1.29, 1.82) is 0 Å². The number of nitrogens with one attached hydrogen (secondary N) is 1. The number of rotatable bonds is 7. The second-order valence-electron chi connectivity index (χ2n) is 6.41. The van der Waals surface area contributed by atoms with Gasteiger partial charge in [-0.1, -0.05) is 18.2 Å². The zero-order valence-corrected chi connectivity index (χ0v) is 15.7. The molecule has 0 radical (unpaired) electrons. The monoisotopic (exact) mass is 392 g/mol. The fourth-order valence-corrected chi connectivity index (χ4v) is 4.52. The molecular weight excluding hydrogens is 371 g/mol. The Labute approximate surface area is 158 Å². The highest BCUT2D eigenvalue weighted by molar-refractivity contribution is 7.89. The van der Waals surface area contributed by atoms with E-state index < -0.39 is 10.0 Å². The summed E-state index contributed by atoms with van der Waals surface area (Å²) in [6.07, 6.45) is 0.959. The van der Waals surface area contributed by atoms with Crippen LogP contribution in [0.15, 0.2) is 53.4 Å². The molecule has 0 saturated carbocycles. The molecule has 2 aromatic carbocycles. The van der Waals surface area contributed by atoms with E-state index in [0.717, 1.165) is 0 Å². The second-order valence-corrected chi connectivity index (χ2v) is 8.34. The number of amides is 1. The van der Waals surface area contributed by atoms with Crippen molar-refractivity contribution >= 4 is 15.9 Å². The second kappa shape index (κ2) is 8.06. The van der Waals surface area contributed by atoms with Crippen molar-refractivity contribution in [2.75, 3.05) is 13.7 Å². The Hall–Kier alpha value is -2.45. The maximum Gasteiger partial charge on any atom is 0.243 e. The first kappa shape index (κ1) is 19.3. The number of halogens is 1. The summed E-state index contributed by atoms with van der Waals surface area (Å²) in [6.45, 7) is 0.217. The lowest BCUT2D eigenvalue weighted by Crippen LogP contribution is -2.41. The largest absolute Gasteiger partial charge is 0.497 e. The van der Waals surface area contributed by atoms with Gasteiger partial charge in [0.15, 0.2) is 0 Å². The van der Waals surface area contributed by atoms with Crippen LogP contribution < -0.4 is 10.1 Å². The standard InChI is InChI=1S/C19H21FN2O4S/c1-26-17-3-2-4-18(11-17)27(24,25)22(13-16-9-10-19(23)21-16)12-14-5-7-15(20)8-6-14/h2-8,11,16H,9-10,12-13H2,1H3,(H,21,23)/t16-/m0/s1. The zero-order valence-electron chi connectivity index (χ0n) is 14.9. The molecule has 1 atom stereocenters. The van der Waals surface area contributed by atoms with Gasteiger partial charge in [-0.2, -0.15) is 4.31 Å². The van der Waals surface area contributed by atoms with E-state index in [2.05, 4.69) is 5.32 Å². The van der Waals surface area contributed by atoms with Gasteiger partial charge in [0, 0.05) is 31.6 Å². The molecule has 6 nitrogen and oxygen atoms in total. The number of methoxy groups -OCH3 is 1. The predicted octanol–water partition coefficient (Wildman–Crippen LogP) is 2.30. The quantitative estimate of drug-likeness (QED) is 0.785. The van der Waals surface area contributed by atoms with Gasteiger partial charge in [-0.05, 0) is 36.2 Å². The normalized spacial score (nSPS) is 17.1. The van der Waals surface area contributed by atoms with Crippen LogP contribution in [0.5, 0.6) is 5.75 Å². The third kappa shape index (κ3) is 4.64. The summed E-state index contributed by atoms with van der Waals surface area (Å²) in [5.41, 5.74) is 0.659. The van der Waals surface area contributed by atoms with Crippen molar-refractivity contribution < 1.29 is 22.3 Å². The Bertz CT molecular complexity index is 916. The molecular formula is C19H21FN2O4S. The topological polar surface area (TPSA) is 75.7 Å². The van der Waals surface area contributed by atoms with Crippen LogP contribution in [0.2, 0.25) is 0 Å². The lowest BCUT2D eigenvalue weighted by atomic mass is 10.2. The summed E-state index contributed by atoms with van der Waals surface area (Å²) < 4.78 is 46.1. The van der Waals surface area contributed by atoms with Gasteiger partial charge >= 0.3 is 0 Å². The average Bonchev–Trinajstić information content (AvgIpc) is 3.08. The van der Waals surface area contributed by atoms with E-state index in [0.29, 0.717) is 24.2 Å². The number of nitrogens with zero attached hydrogens (tertiary/aromatic N) is 1. The van der Waals surface area contributed by atoms with Gasteiger partial charge in [-0.25, -0.2) is 12.8 Å². The molecule has 2 aromatic rings. The van der Waals surface area contributed by atoms with Crippen molar-refractivity contribution in [1.82, 2.24) is 9.62 Å². The number of benzene rings is 2. The fourth-order valence-electron chi connectivity index (χ4n) is 3.01. The van der Waals surface area contributed by atoms with Crippen LogP contribution in [0.4, 0.5) is 4.39 Å². The molecule has 0 spiro atoms. The molecule has 0 bridgehead atoms. The summed E-state index contributed by atoms with van der Waals surface area (Å²) in [5.74, 6) is -0.0310. The Kier molecular flexibility index (Phi) is 5.76. The Morgan fingerprint density at radius 3 is 2.59 bits per heavy atom. The fraction of sp³-hybridized carbons (Fsp3) is 0.316. The number of carbonyl (C=O) groups is 1. The van der Waals surface area contributed by atoms with Gasteiger partial charge < -0.3 is 10.1 Å². The van der Waals surface area contributed by atoms with Gasteiger partial charge in [0.05, 0.1) is 12.0 Å². The molecule has 1 aliphatic rings. The minimum Gasteiger partial charge on any atom is -0.497 e. The zero-order chi connectivity index (χ0) is 19.4. The average molecular weight is 392 g/mol. The van der Waals surface area contributed by atoms with Gasteiger partial charge in [0.2, 0.25) is 15.9 Å². The van der Waals surface area contributed by atoms with Crippen LogP contribution in [0.1, 0.15) is 18.4 Å². The van der Waals surface area contributed by atoms with Gasteiger partial charge in [0.1, 0.15) is 11.6 Å². The Morgan fingerprint density at radius 1 is 1.22 bits per heavy atom.